The molecule has 3 aromatic rings. The van der Waals surface area contributed by atoms with Gasteiger partial charge in [0.25, 0.3) is 0 Å². The Kier molecular flexibility index (Phi) is 4.62. The maximum absolute atomic E-state index is 13.2. The van der Waals surface area contributed by atoms with Gasteiger partial charge in [0.1, 0.15) is 6.67 Å². The first-order valence-electron chi connectivity index (χ1n) is 8.00. The number of nitrogens with zero attached hydrogens (tertiary/aromatic N) is 2. The van der Waals surface area contributed by atoms with Crippen LogP contribution in [-0.2, 0) is 6.67 Å². The first kappa shape index (κ1) is 17.5. The number of carbonyl (C=O) groups is 1. The minimum absolute atomic E-state index is 0.0592. The summed E-state index contributed by atoms with van der Waals surface area (Å²) in [7, 11) is 0. The van der Waals surface area contributed by atoms with E-state index in [1.54, 1.807) is 22.8 Å². The molecule has 1 aromatic heterocycles. The molecule has 0 spiro atoms. The molecule has 0 aliphatic heterocycles. The highest BCUT2D eigenvalue weighted by Crippen LogP contribution is 2.34. The Labute approximate surface area is 149 Å². The molecule has 26 heavy (non-hydrogen) atoms. The number of amides is 2. The van der Waals surface area contributed by atoms with Gasteiger partial charge in [-0.15, -0.1) is 0 Å². The number of hydrogen-bond acceptors (Lipinski definition) is 3. The van der Waals surface area contributed by atoms with E-state index in [0.29, 0.717) is 22.0 Å². The van der Waals surface area contributed by atoms with Crippen LogP contribution in [0.2, 0.25) is 0 Å². The third kappa shape index (κ3) is 3.23. The molecule has 0 atom stereocenters. The fourth-order valence-corrected chi connectivity index (χ4v) is 3.06. The lowest BCUT2D eigenvalue weighted by Gasteiger charge is -2.10. The fraction of sp³-hybridized carbons (Fsp3) is 0.158. The lowest BCUT2D eigenvalue weighted by molar-refractivity contribution is 0.249. The second kappa shape index (κ2) is 6.87. The van der Waals surface area contributed by atoms with Gasteiger partial charge in [-0.25, -0.2) is 14.6 Å². The number of aromatic nitrogens is 1. The van der Waals surface area contributed by atoms with Crippen LogP contribution in [0.3, 0.4) is 0 Å². The quantitative estimate of drug-likeness (QED) is 0.495. The van der Waals surface area contributed by atoms with Crippen LogP contribution in [0.1, 0.15) is 22.3 Å². The van der Waals surface area contributed by atoms with E-state index in [0.717, 1.165) is 16.8 Å². The molecule has 0 radical (unpaired) electrons. The Hall–Kier alpha value is -3.35. The number of hydrogen-bond donors (Lipinski definition) is 3. The van der Waals surface area contributed by atoms with E-state index >= 15 is 0 Å². The SMILES string of the molecule is Cc1cc(C)cc(-n2c(O)c(C=NNC(N)=O)c3ccc(CF)cc32)c1. The van der Waals surface area contributed by atoms with Gasteiger partial charge in [-0.05, 0) is 48.7 Å². The third-order valence-corrected chi connectivity index (χ3v) is 4.03. The maximum atomic E-state index is 13.2. The van der Waals surface area contributed by atoms with Crippen molar-refractivity contribution in [2.45, 2.75) is 20.5 Å². The second-order valence-electron chi connectivity index (χ2n) is 6.14. The highest BCUT2D eigenvalue weighted by Gasteiger charge is 2.17. The Morgan fingerprint density at radius 3 is 2.58 bits per heavy atom. The van der Waals surface area contributed by atoms with Crippen LogP contribution in [-0.4, -0.2) is 21.9 Å². The molecule has 0 saturated carbocycles. The predicted octanol–water partition coefficient (Wildman–Crippen LogP) is 3.42. The highest BCUT2D eigenvalue weighted by atomic mass is 19.1. The molecule has 0 bridgehead atoms. The number of aromatic hydroxyl groups is 1. The largest absolute Gasteiger partial charge is 0.494 e. The summed E-state index contributed by atoms with van der Waals surface area (Å²) in [5, 5.41) is 15.2. The number of hydrazone groups is 1. The topological polar surface area (TPSA) is 92.6 Å². The van der Waals surface area contributed by atoms with E-state index in [9.17, 15) is 14.3 Å². The Bertz CT molecular complexity index is 1000. The first-order chi connectivity index (χ1) is 12.4. The zero-order chi connectivity index (χ0) is 18.8. The average Bonchev–Trinajstić information content (AvgIpc) is 2.85. The molecule has 2 aromatic carbocycles. The number of rotatable bonds is 4. The van der Waals surface area contributed by atoms with Crippen LogP contribution in [0.4, 0.5) is 9.18 Å². The Balaban J connectivity index is 2.28. The van der Waals surface area contributed by atoms with Crippen LogP contribution in [0.15, 0.2) is 41.5 Å². The minimum atomic E-state index is -0.807. The van der Waals surface area contributed by atoms with E-state index in [1.807, 2.05) is 32.0 Å². The van der Waals surface area contributed by atoms with Crippen LogP contribution in [0, 0.1) is 13.8 Å². The highest BCUT2D eigenvalue weighted by molar-refractivity contribution is 6.03. The van der Waals surface area contributed by atoms with Crippen molar-refractivity contribution in [3.05, 3.63) is 58.7 Å². The molecule has 4 N–H and O–H groups in total. The van der Waals surface area contributed by atoms with Gasteiger partial charge in [-0.3, -0.25) is 4.57 Å². The number of aryl methyl sites for hydroxylation is 2. The molecule has 3 rings (SSSR count). The number of urea groups is 1. The third-order valence-electron chi connectivity index (χ3n) is 4.03. The van der Waals surface area contributed by atoms with Gasteiger partial charge >= 0.3 is 6.03 Å². The van der Waals surface area contributed by atoms with Crippen LogP contribution in [0.25, 0.3) is 16.6 Å². The van der Waals surface area contributed by atoms with Gasteiger partial charge in [0.2, 0.25) is 5.88 Å². The summed E-state index contributed by atoms with van der Waals surface area (Å²) >= 11 is 0. The van der Waals surface area contributed by atoms with Crippen LogP contribution in [0.5, 0.6) is 5.88 Å². The molecule has 0 aliphatic rings. The molecule has 1 heterocycles. The number of benzene rings is 2. The molecule has 0 saturated heterocycles. The number of nitrogens with one attached hydrogen (secondary N) is 1. The maximum Gasteiger partial charge on any atom is 0.332 e. The van der Waals surface area contributed by atoms with Gasteiger partial charge in [-0.1, -0.05) is 18.2 Å². The number of alkyl halides is 1. The lowest BCUT2D eigenvalue weighted by atomic mass is 10.1. The van der Waals surface area contributed by atoms with Crippen molar-refractivity contribution in [2.24, 2.45) is 10.8 Å². The molecule has 134 valence electrons. The lowest BCUT2D eigenvalue weighted by Crippen LogP contribution is -2.24. The number of nitrogens with two attached hydrogens (primary N) is 1. The fourth-order valence-electron chi connectivity index (χ4n) is 3.06. The van der Waals surface area contributed by atoms with Crippen molar-refractivity contribution in [3.63, 3.8) is 0 Å². The van der Waals surface area contributed by atoms with E-state index in [2.05, 4.69) is 10.5 Å². The van der Waals surface area contributed by atoms with Gasteiger partial charge in [0, 0.05) is 11.1 Å². The van der Waals surface area contributed by atoms with Crippen molar-refractivity contribution in [1.29, 1.82) is 0 Å². The summed E-state index contributed by atoms with van der Waals surface area (Å²) in [5.74, 6) is -0.0592. The zero-order valence-corrected chi connectivity index (χ0v) is 14.5. The number of primary amides is 1. The smallest absolute Gasteiger partial charge is 0.332 e. The summed E-state index contributed by atoms with van der Waals surface area (Å²) in [6.45, 7) is 3.32. The average molecular weight is 354 g/mol. The molecule has 7 heteroatoms. The molecule has 6 nitrogen and oxygen atoms in total. The Morgan fingerprint density at radius 1 is 1.27 bits per heavy atom. The van der Waals surface area contributed by atoms with E-state index < -0.39 is 12.7 Å². The summed E-state index contributed by atoms with van der Waals surface area (Å²) in [4.78, 5) is 10.8. The molecule has 0 unspecified atom stereocenters. The standard InChI is InChI=1S/C19H19FN4O2/c1-11-5-12(2)7-14(6-11)24-17-8-13(9-20)3-4-15(17)16(18(24)25)10-22-23-19(21)26/h3-8,10,25H,9H2,1-2H3,(H3,21,23,26). The summed E-state index contributed by atoms with van der Waals surface area (Å²) in [5.41, 5.74) is 11.5. The van der Waals surface area contributed by atoms with Crippen molar-refractivity contribution >= 4 is 23.1 Å². The van der Waals surface area contributed by atoms with Crippen molar-refractivity contribution < 1.29 is 14.3 Å². The number of carbonyl (C=O) groups excluding carboxylic acids is 1. The molecule has 0 aliphatic carbocycles. The monoisotopic (exact) mass is 354 g/mol. The van der Waals surface area contributed by atoms with Gasteiger partial charge < -0.3 is 10.8 Å². The number of fused-ring (bicyclic) bond motifs is 1. The van der Waals surface area contributed by atoms with Crippen LogP contribution < -0.4 is 11.2 Å². The van der Waals surface area contributed by atoms with Crippen molar-refractivity contribution in [1.82, 2.24) is 9.99 Å². The van der Waals surface area contributed by atoms with E-state index in [-0.39, 0.29) is 5.88 Å². The molecule has 2 amide bonds. The van der Waals surface area contributed by atoms with E-state index in [4.69, 9.17) is 5.73 Å². The minimum Gasteiger partial charge on any atom is -0.494 e. The molecular formula is C19H19FN4O2. The van der Waals surface area contributed by atoms with Gasteiger partial charge in [0.15, 0.2) is 0 Å². The Morgan fingerprint density at radius 2 is 1.96 bits per heavy atom. The van der Waals surface area contributed by atoms with E-state index in [1.165, 1.54) is 6.21 Å². The first-order valence-corrected chi connectivity index (χ1v) is 8.00. The zero-order valence-electron chi connectivity index (χ0n) is 14.5. The summed E-state index contributed by atoms with van der Waals surface area (Å²) < 4.78 is 14.8. The van der Waals surface area contributed by atoms with Crippen LogP contribution >= 0.6 is 0 Å². The summed E-state index contributed by atoms with van der Waals surface area (Å²) in [6, 6.07) is 10.1. The molecular weight excluding hydrogens is 335 g/mol. The predicted molar refractivity (Wildman–Crippen MR) is 99.5 cm³/mol. The number of halogens is 1. The molecule has 0 fully saturated rings. The van der Waals surface area contributed by atoms with Crippen molar-refractivity contribution in [2.75, 3.05) is 0 Å². The van der Waals surface area contributed by atoms with Gasteiger partial charge in [0.05, 0.1) is 17.3 Å². The van der Waals surface area contributed by atoms with Gasteiger partial charge in [-0.2, -0.15) is 5.10 Å². The van der Waals surface area contributed by atoms with Crippen molar-refractivity contribution in [3.8, 4) is 11.6 Å². The normalized spacial score (nSPS) is 11.3. The second-order valence-corrected chi connectivity index (χ2v) is 6.14. The summed E-state index contributed by atoms with van der Waals surface area (Å²) in [6.07, 6.45) is 1.32.